The van der Waals surface area contributed by atoms with E-state index < -0.39 is 0 Å². The Balaban J connectivity index is 1.55. The zero-order chi connectivity index (χ0) is 19.6. The Kier molecular flexibility index (Phi) is 3.99. The van der Waals surface area contributed by atoms with Gasteiger partial charge in [-0.05, 0) is 84.6 Å². The predicted octanol–water partition coefficient (Wildman–Crippen LogP) is 7.29. The van der Waals surface area contributed by atoms with Gasteiger partial charge in [-0.3, -0.25) is 0 Å². The molecule has 2 aliphatic carbocycles. The van der Waals surface area contributed by atoms with Gasteiger partial charge in [0.15, 0.2) is 0 Å². The zero-order valence-corrected chi connectivity index (χ0v) is 17.9. The van der Waals surface area contributed by atoms with Crippen molar-refractivity contribution >= 4 is 0 Å². The monoisotopic (exact) mass is 374 g/mol. The van der Waals surface area contributed by atoms with Crippen LogP contribution in [0.15, 0.2) is 48.5 Å². The summed E-state index contributed by atoms with van der Waals surface area (Å²) in [6, 6.07) is 17.6. The van der Waals surface area contributed by atoms with E-state index in [4.69, 9.17) is 4.74 Å². The summed E-state index contributed by atoms with van der Waals surface area (Å²) in [4.78, 5) is 0. The van der Waals surface area contributed by atoms with Crippen molar-refractivity contribution in [3.8, 4) is 16.9 Å². The lowest BCUT2D eigenvalue weighted by atomic mass is 9.44. The standard InChI is InChI=1S/C27H34O/c1-25(2)14-8-15-26(3)23(25)13-16-27(4)24(26)18-21-17-20(11-12-22(21)28-27)19-9-6-5-7-10-19/h5-7,9-12,17,23-24H,8,13-16,18H2,1-4H3/t23?,24-,26+,27-/m1/s1. The molecule has 1 heteroatoms. The van der Waals surface area contributed by atoms with Crippen LogP contribution in [0.4, 0.5) is 0 Å². The van der Waals surface area contributed by atoms with Crippen LogP contribution in [0, 0.1) is 22.7 Å². The molecule has 0 radical (unpaired) electrons. The molecule has 0 amide bonds. The van der Waals surface area contributed by atoms with Crippen molar-refractivity contribution in [2.45, 2.75) is 71.8 Å². The van der Waals surface area contributed by atoms with Gasteiger partial charge in [0, 0.05) is 5.92 Å². The molecule has 148 valence electrons. The van der Waals surface area contributed by atoms with Crippen molar-refractivity contribution in [3.63, 3.8) is 0 Å². The quantitative estimate of drug-likeness (QED) is 0.509. The second-order valence-corrected chi connectivity index (χ2v) is 10.8. The minimum Gasteiger partial charge on any atom is -0.487 e. The molecule has 2 saturated carbocycles. The third-order valence-corrected chi connectivity index (χ3v) is 8.67. The molecule has 0 bridgehead atoms. The van der Waals surface area contributed by atoms with Gasteiger partial charge in [0.05, 0.1) is 0 Å². The van der Waals surface area contributed by atoms with Crippen LogP contribution in [0.1, 0.15) is 65.4 Å². The van der Waals surface area contributed by atoms with Crippen molar-refractivity contribution in [1.29, 1.82) is 0 Å². The van der Waals surface area contributed by atoms with E-state index in [-0.39, 0.29) is 5.60 Å². The summed E-state index contributed by atoms with van der Waals surface area (Å²) in [5.74, 6) is 2.54. The molecule has 5 rings (SSSR count). The minimum absolute atomic E-state index is 0.0140. The Hall–Kier alpha value is -1.76. The van der Waals surface area contributed by atoms with Gasteiger partial charge in [0.2, 0.25) is 0 Å². The SMILES string of the molecule is CC1(C)CCC[C@@]2(C)C1CC[C@@]1(C)Oc3ccc(-c4ccccc4)cc3C[C@@H]12. The third-order valence-electron chi connectivity index (χ3n) is 8.67. The lowest BCUT2D eigenvalue weighted by Crippen LogP contribution is -2.61. The molecule has 0 spiro atoms. The first-order valence-corrected chi connectivity index (χ1v) is 11.2. The normalized spacial score (nSPS) is 35.9. The van der Waals surface area contributed by atoms with Crippen molar-refractivity contribution in [1.82, 2.24) is 0 Å². The van der Waals surface area contributed by atoms with Crippen molar-refractivity contribution in [2.75, 3.05) is 0 Å². The summed E-state index contributed by atoms with van der Waals surface area (Å²) in [7, 11) is 0. The van der Waals surface area contributed by atoms with E-state index in [1.807, 2.05) is 0 Å². The molecule has 0 N–H and O–H groups in total. The fraction of sp³-hybridized carbons (Fsp3) is 0.556. The Morgan fingerprint density at radius 1 is 0.821 bits per heavy atom. The fourth-order valence-corrected chi connectivity index (χ4v) is 7.30. The van der Waals surface area contributed by atoms with Crippen LogP contribution in [0.3, 0.4) is 0 Å². The van der Waals surface area contributed by atoms with Crippen LogP contribution in [0.25, 0.3) is 11.1 Å². The van der Waals surface area contributed by atoms with Crippen LogP contribution in [-0.4, -0.2) is 5.60 Å². The number of ether oxygens (including phenoxy) is 1. The van der Waals surface area contributed by atoms with Gasteiger partial charge in [-0.25, -0.2) is 0 Å². The van der Waals surface area contributed by atoms with Crippen LogP contribution >= 0.6 is 0 Å². The number of fused-ring (bicyclic) bond motifs is 4. The van der Waals surface area contributed by atoms with E-state index in [2.05, 4.69) is 76.2 Å². The largest absolute Gasteiger partial charge is 0.487 e. The molecule has 1 nitrogen and oxygen atoms in total. The summed E-state index contributed by atoms with van der Waals surface area (Å²) in [5.41, 5.74) is 4.85. The Morgan fingerprint density at radius 2 is 1.61 bits per heavy atom. The molecule has 2 aromatic carbocycles. The van der Waals surface area contributed by atoms with E-state index in [9.17, 15) is 0 Å². The first-order chi connectivity index (χ1) is 13.3. The van der Waals surface area contributed by atoms with Gasteiger partial charge in [-0.15, -0.1) is 0 Å². The van der Waals surface area contributed by atoms with Gasteiger partial charge in [-0.2, -0.15) is 0 Å². The molecule has 1 unspecified atom stereocenters. The molecule has 0 saturated heterocycles. The molecule has 0 aromatic heterocycles. The second kappa shape index (κ2) is 6.12. The molecule has 2 fully saturated rings. The van der Waals surface area contributed by atoms with E-state index in [0.29, 0.717) is 16.7 Å². The second-order valence-electron chi connectivity index (χ2n) is 10.8. The molecule has 1 aliphatic heterocycles. The molecule has 28 heavy (non-hydrogen) atoms. The summed E-state index contributed by atoms with van der Waals surface area (Å²) >= 11 is 0. The van der Waals surface area contributed by atoms with E-state index in [0.717, 1.165) is 18.1 Å². The van der Waals surface area contributed by atoms with E-state index in [1.165, 1.54) is 48.8 Å². The molecule has 4 atom stereocenters. The molecule has 2 aromatic rings. The lowest BCUT2D eigenvalue weighted by molar-refractivity contribution is -0.162. The average molecular weight is 375 g/mol. The third kappa shape index (κ3) is 2.65. The van der Waals surface area contributed by atoms with Crippen molar-refractivity contribution in [2.24, 2.45) is 22.7 Å². The van der Waals surface area contributed by atoms with E-state index in [1.54, 1.807) is 0 Å². The maximum atomic E-state index is 6.80. The number of hydrogen-bond acceptors (Lipinski definition) is 1. The highest BCUT2D eigenvalue weighted by molar-refractivity contribution is 5.66. The van der Waals surface area contributed by atoms with Gasteiger partial charge < -0.3 is 4.74 Å². The zero-order valence-electron chi connectivity index (χ0n) is 17.9. The highest BCUT2D eigenvalue weighted by Gasteiger charge is 2.60. The van der Waals surface area contributed by atoms with Gasteiger partial charge in [0.1, 0.15) is 11.4 Å². The van der Waals surface area contributed by atoms with E-state index >= 15 is 0 Å². The molecular formula is C27H34O. The molecule has 1 heterocycles. The predicted molar refractivity (Wildman–Crippen MR) is 117 cm³/mol. The van der Waals surface area contributed by atoms with Gasteiger partial charge >= 0.3 is 0 Å². The average Bonchev–Trinajstić information content (AvgIpc) is 2.66. The molecule has 3 aliphatic rings. The van der Waals surface area contributed by atoms with Crippen LogP contribution in [0.2, 0.25) is 0 Å². The van der Waals surface area contributed by atoms with Crippen molar-refractivity contribution < 1.29 is 4.74 Å². The summed E-state index contributed by atoms with van der Waals surface area (Å²) in [6.45, 7) is 10.0. The number of benzene rings is 2. The highest BCUT2D eigenvalue weighted by Crippen LogP contribution is 2.64. The first-order valence-electron chi connectivity index (χ1n) is 11.2. The Morgan fingerprint density at radius 3 is 2.39 bits per heavy atom. The summed E-state index contributed by atoms with van der Waals surface area (Å²) in [5, 5.41) is 0. The maximum Gasteiger partial charge on any atom is 0.123 e. The fourth-order valence-electron chi connectivity index (χ4n) is 7.30. The van der Waals surface area contributed by atoms with Gasteiger partial charge in [-0.1, -0.05) is 63.6 Å². The maximum absolute atomic E-state index is 6.80. The minimum atomic E-state index is -0.0140. The highest BCUT2D eigenvalue weighted by atomic mass is 16.5. The number of rotatable bonds is 1. The van der Waals surface area contributed by atoms with Crippen LogP contribution in [-0.2, 0) is 6.42 Å². The first kappa shape index (κ1) is 18.3. The van der Waals surface area contributed by atoms with Crippen molar-refractivity contribution in [3.05, 3.63) is 54.1 Å². The summed E-state index contributed by atoms with van der Waals surface area (Å²) < 4.78 is 6.80. The smallest absolute Gasteiger partial charge is 0.123 e. The Labute approximate surface area is 170 Å². The van der Waals surface area contributed by atoms with Gasteiger partial charge in [0.25, 0.3) is 0 Å². The topological polar surface area (TPSA) is 9.23 Å². The Bertz CT molecular complexity index is 882. The lowest BCUT2D eigenvalue weighted by Gasteiger charge is -2.63. The molecular weight excluding hydrogens is 340 g/mol. The van der Waals surface area contributed by atoms with Crippen LogP contribution < -0.4 is 4.74 Å². The van der Waals surface area contributed by atoms with Crippen LogP contribution in [0.5, 0.6) is 5.75 Å². The summed E-state index contributed by atoms with van der Waals surface area (Å²) in [6.07, 6.45) is 7.78. The number of hydrogen-bond donors (Lipinski definition) is 0.